The van der Waals surface area contributed by atoms with Gasteiger partial charge in [0, 0.05) is 18.4 Å². The maximum atomic E-state index is 13.3. The van der Waals surface area contributed by atoms with Gasteiger partial charge in [-0.1, -0.05) is 54.6 Å². The third-order valence-corrected chi connectivity index (χ3v) is 5.72. The molecular weight excluding hydrogens is 366 g/mol. The fourth-order valence-corrected chi connectivity index (χ4v) is 4.30. The maximum absolute atomic E-state index is 13.3. The minimum Gasteiger partial charge on any atom is -0.465 e. The van der Waals surface area contributed by atoms with Crippen molar-refractivity contribution in [1.29, 1.82) is 0 Å². The third-order valence-electron chi connectivity index (χ3n) is 5.72. The minimum atomic E-state index is -0.586. The summed E-state index contributed by atoms with van der Waals surface area (Å²) in [6.07, 6.45) is 0.922. The Balaban J connectivity index is 1.84. The highest BCUT2D eigenvalue weighted by Gasteiger charge is 2.43. The summed E-state index contributed by atoms with van der Waals surface area (Å²) < 4.78 is 10.8. The van der Waals surface area contributed by atoms with Crippen LogP contribution >= 0.6 is 0 Å². The lowest BCUT2D eigenvalue weighted by atomic mass is 9.72. The van der Waals surface area contributed by atoms with Crippen LogP contribution in [0, 0.1) is 6.92 Å². The van der Waals surface area contributed by atoms with E-state index in [4.69, 9.17) is 15.2 Å². The fourth-order valence-electron chi connectivity index (χ4n) is 4.30. The molecule has 2 aromatic rings. The van der Waals surface area contributed by atoms with E-state index in [0.29, 0.717) is 24.2 Å². The topological polar surface area (TPSA) is 78.6 Å². The van der Waals surface area contributed by atoms with Crippen LogP contribution in [-0.4, -0.2) is 18.9 Å². The van der Waals surface area contributed by atoms with E-state index in [1.54, 1.807) is 0 Å². The van der Waals surface area contributed by atoms with E-state index in [0.717, 1.165) is 16.7 Å². The number of benzene rings is 2. The van der Waals surface area contributed by atoms with Crippen molar-refractivity contribution in [2.75, 3.05) is 7.11 Å². The SMILES string of the molecule is COC(=O)C1=C(N)OC2=C(C(=O)C[C@@H](c3ccccc3)C2)[C@H]1c1ccccc1C. The molecule has 0 aromatic heterocycles. The molecule has 2 aliphatic rings. The molecule has 4 rings (SSSR count). The Morgan fingerprint density at radius 3 is 2.45 bits per heavy atom. The lowest BCUT2D eigenvalue weighted by Crippen LogP contribution is -2.33. The Labute approximate surface area is 169 Å². The monoisotopic (exact) mass is 389 g/mol. The number of allylic oxidation sites excluding steroid dienone is 2. The first-order chi connectivity index (χ1) is 14.0. The molecule has 0 fully saturated rings. The number of carbonyl (C=O) groups excluding carboxylic acids is 2. The zero-order valence-corrected chi connectivity index (χ0v) is 16.5. The van der Waals surface area contributed by atoms with E-state index < -0.39 is 11.9 Å². The van der Waals surface area contributed by atoms with E-state index in [-0.39, 0.29) is 23.2 Å². The van der Waals surface area contributed by atoms with Gasteiger partial charge < -0.3 is 15.2 Å². The molecule has 0 spiro atoms. The molecule has 5 heteroatoms. The van der Waals surface area contributed by atoms with Crippen LogP contribution in [0.1, 0.15) is 41.4 Å². The lowest BCUT2D eigenvalue weighted by Gasteiger charge is -2.35. The normalized spacial score (nSPS) is 21.5. The first-order valence-corrected chi connectivity index (χ1v) is 9.63. The molecule has 29 heavy (non-hydrogen) atoms. The predicted molar refractivity (Wildman–Crippen MR) is 109 cm³/mol. The predicted octanol–water partition coefficient (Wildman–Crippen LogP) is 3.85. The van der Waals surface area contributed by atoms with Gasteiger partial charge in [-0.25, -0.2) is 4.79 Å². The van der Waals surface area contributed by atoms with Gasteiger partial charge in [0.1, 0.15) is 11.3 Å². The summed E-state index contributed by atoms with van der Waals surface area (Å²) >= 11 is 0. The van der Waals surface area contributed by atoms with Gasteiger partial charge in [0.25, 0.3) is 0 Å². The van der Waals surface area contributed by atoms with Gasteiger partial charge in [-0.15, -0.1) is 0 Å². The van der Waals surface area contributed by atoms with Crippen LogP contribution in [-0.2, 0) is 19.1 Å². The van der Waals surface area contributed by atoms with Crippen molar-refractivity contribution in [2.24, 2.45) is 5.73 Å². The summed E-state index contributed by atoms with van der Waals surface area (Å²) in [6.45, 7) is 1.95. The Bertz CT molecular complexity index is 1040. The number of esters is 1. The van der Waals surface area contributed by atoms with Crippen molar-refractivity contribution in [3.63, 3.8) is 0 Å². The quantitative estimate of drug-likeness (QED) is 0.807. The molecule has 5 nitrogen and oxygen atoms in total. The number of aryl methyl sites for hydroxylation is 1. The number of methoxy groups -OCH3 is 1. The van der Waals surface area contributed by atoms with E-state index in [9.17, 15) is 9.59 Å². The highest BCUT2D eigenvalue weighted by molar-refractivity contribution is 6.03. The number of carbonyl (C=O) groups is 2. The molecule has 1 heterocycles. The molecule has 0 amide bonds. The molecular formula is C24H23NO4. The number of nitrogens with two attached hydrogens (primary N) is 1. The van der Waals surface area contributed by atoms with E-state index in [1.807, 2.05) is 61.5 Å². The van der Waals surface area contributed by atoms with E-state index in [1.165, 1.54) is 7.11 Å². The Morgan fingerprint density at radius 2 is 1.76 bits per heavy atom. The van der Waals surface area contributed by atoms with E-state index in [2.05, 4.69) is 0 Å². The summed E-state index contributed by atoms with van der Waals surface area (Å²) in [4.78, 5) is 25.9. The van der Waals surface area contributed by atoms with Crippen molar-refractivity contribution in [1.82, 2.24) is 0 Å². The first-order valence-electron chi connectivity index (χ1n) is 9.63. The molecule has 2 atom stereocenters. The van der Waals surface area contributed by atoms with Crippen molar-refractivity contribution in [2.45, 2.75) is 31.6 Å². The second kappa shape index (κ2) is 7.59. The number of Topliss-reactive ketones (excluding diaryl/α,β-unsaturated/α-hetero) is 1. The van der Waals surface area contributed by atoms with Crippen LogP contribution in [0.5, 0.6) is 0 Å². The van der Waals surface area contributed by atoms with Crippen LogP contribution in [0.15, 0.2) is 77.4 Å². The van der Waals surface area contributed by atoms with Gasteiger partial charge in [-0.2, -0.15) is 0 Å². The lowest BCUT2D eigenvalue weighted by molar-refractivity contribution is -0.136. The molecule has 2 N–H and O–H groups in total. The zero-order chi connectivity index (χ0) is 20.5. The number of hydrogen-bond acceptors (Lipinski definition) is 5. The van der Waals surface area contributed by atoms with E-state index >= 15 is 0 Å². The summed E-state index contributed by atoms with van der Waals surface area (Å²) in [7, 11) is 1.30. The van der Waals surface area contributed by atoms with Gasteiger partial charge in [-0.3, -0.25) is 4.79 Å². The largest absolute Gasteiger partial charge is 0.465 e. The third kappa shape index (κ3) is 3.33. The Morgan fingerprint density at radius 1 is 1.07 bits per heavy atom. The van der Waals surface area contributed by atoms with Crippen LogP contribution in [0.4, 0.5) is 0 Å². The molecule has 2 aromatic carbocycles. The molecule has 1 aliphatic heterocycles. The van der Waals surface area contributed by atoms with Gasteiger partial charge in [0.15, 0.2) is 5.78 Å². The van der Waals surface area contributed by atoms with Gasteiger partial charge in [-0.05, 0) is 29.5 Å². The fraction of sp³-hybridized carbons (Fsp3) is 0.250. The summed E-state index contributed by atoms with van der Waals surface area (Å²) in [5.74, 6) is -0.620. The maximum Gasteiger partial charge on any atom is 0.340 e. The highest BCUT2D eigenvalue weighted by Crippen LogP contribution is 2.47. The number of ether oxygens (including phenoxy) is 2. The molecule has 1 aliphatic carbocycles. The van der Waals surface area contributed by atoms with Crippen LogP contribution < -0.4 is 5.73 Å². The molecule has 0 unspecified atom stereocenters. The van der Waals surface area contributed by atoms with Gasteiger partial charge >= 0.3 is 5.97 Å². The van der Waals surface area contributed by atoms with Crippen molar-refractivity contribution < 1.29 is 19.1 Å². The van der Waals surface area contributed by atoms with Crippen molar-refractivity contribution >= 4 is 11.8 Å². The average molecular weight is 389 g/mol. The summed E-state index contributed by atoms with van der Waals surface area (Å²) in [6, 6.07) is 17.6. The summed E-state index contributed by atoms with van der Waals surface area (Å²) in [5, 5.41) is 0. The van der Waals surface area contributed by atoms with Crippen LogP contribution in [0.3, 0.4) is 0 Å². The highest BCUT2D eigenvalue weighted by atomic mass is 16.5. The molecule has 0 saturated heterocycles. The number of ketones is 1. The summed E-state index contributed by atoms with van der Waals surface area (Å²) in [5.41, 5.74) is 9.80. The molecule has 0 radical (unpaired) electrons. The number of hydrogen-bond donors (Lipinski definition) is 1. The molecule has 0 saturated carbocycles. The zero-order valence-electron chi connectivity index (χ0n) is 16.5. The smallest absolute Gasteiger partial charge is 0.340 e. The molecule has 148 valence electrons. The van der Waals surface area contributed by atoms with Crippen molar-refractivity contribution in [3.8, 4) is 0 Å². The molecule has 0 bridgehead atoms. The Kier molecular flexibility index (Phi) is 4.97. The van der Waals surface area contributed by atoms with Crippen LogP contribution in [0.2, 0.25) is 0 Å². The number of rotatable bonds is 3. The average Bonchev–Trinajstić information content (AvgIpc) is 2.73. The first kappa shape index (κ1) is 19.0. The second-order valence-corrected chi connectivity index (χ2v) is 7.44. The van der Waals surface area contributed by atoms with Gasteiger partial charge in [0.2, 0.25) is 5.88 Å². The standard InChI is InChI=1S/C24H23NO4/c1-14-8-6-7-11-17(14)20-21-18(26)12-16(15-9-4-3-5-10-15)13-19(21)29-23(25)22(20)24(27)28-2/h3-11,16,20H,12-13,25H2,1-2H3/t16-,20-/m1/s1. The van der Waals surface area contributed by atoms with Gasteiger partial charge in [0.05, 0.1) is 13.0 Å². The second-order valence-electron chi connectivity index (χ2n) is 7.44. The minimum absolute atomic E-state index is 0.00497. The van der Waals surface area contributed by atoms with Crippen LogP contribution in [0.25, 0.3) is 0 Å². The Hall–Kier alpha value is -3.34. The van der Waals surface area contributed by atoms with Crippen molar-refractivity contribution in [3.05, 3.63) is 94.1 Å².